The fraction of sp³-hybridized carbons (Fsp3) is 0.538. The zero-order valence-corrected chi connectivity index (χ0v) is 11.5. The molecule has 17 heavy (non-hydrogen) atoms. The van der Waals surface area contributed by atoms with Gasteiger partial charge in [0, 0.05) is 12.2 Å². The van der Waals surface area contributed by atoms with Crippen molar-refractivity contribution < 1.29 is 4.79 Å². The molecule has 0 aliphatic heterocycles. The van der Waals surface area contributed by atoms with E-state index in [2.05, 4.69) is 10.3 Å². The summed E-state index contributed by atoms with van der Waals surface area (Å²) in [5, 5.41) is 2.79. The van der Waals surface area contributed by atoms with E-state index in [1.807, 2.05) is 33.8 Å². The smallest absolute Gasteiger partial charge is 0.253 e. The number of pyridine rings is 1. The molecule has 1 rings (SSSR count). The van der Waals surface area contributed by atoms with E-state index in [9.17, 15) is 4.79 Å². The molecule has 0 aliphatic rings. The van der Waals surface area contributed by atoms with Crippen molar-refractivity contribution in [3.8, 4) is 0 Å². The fourth-order valence-corrected chi connectivity index (χ4v) is 1.52. The number of carbonyl (C=O) groups excluding carboxylic acids is 1. The first-order valence-corrected chi connectivity index (χ1v) is 6.22. The summed E-state index contributed by atoms with van der Waals surface area (Å²) in [6.45, 7) is 8.28. The summed E-state index contributed by atoms with van der Waals surface area (Å²) in [6, 6.07) is 3.63. The number of hydrogen-bond donors (Lipinski definition) is 1. The molecule has 0 saturated heterocycles. The summed E-state index contributed by atoms with van der Waals surface area (Å²) in [6.07, 6.45) is 0. The Morgan fingerprint density at radius 1 is 1.41 bits per heavy atom. The number of halogens is 1. The second kappa shape index (κ2) is 6.01. The third kappa shape index (κ3) is 4.00. The van der Waals surface area contributed by atoms with Gasteiger partial charge in [-0.15, -0.1) is 11.6 Å². The van der Waals surface area contributed by atoms with Crippen molar-refractivity contribution in [3.05, 3.63) is 29.1 Å². The SMILES string of the molecule is Cc1ccc(C(=O)NCC(Cl)C(C)C)c(C)n1. The number of aryl methyl sites for hydroxylation is 2. The van der Waals surface area contributed by atoms with Gasteiger partial charge in [-0.05, 0) is 31.9 Å². The van der Waals surface area contributed by atoms with E-state index in [4.69, 9.17) is 11.6 Å². The lowest BCUT2D eigenvalue weighted by molar-refractivity contribution is 0.0951. The van der Waals surface area contributed by atoms with Crippen LogP contribution >= 0.6 is 11.6 Å². The minimum atomic E-state index is -0.110. The highest BCUT2D eigenvalue weighted by molar-refractivity contribution is 6.21. The second-order valence-corrected chi connectivity index (χ2v) is 5.12. The Morgan fingerprint density at radius 3 is 2.59 bits per heavy atom. The highest BCUT2D eigenvalue weighted by Gasteiger charge is 2.13. The van der Waals surface area contributed by atoms with Crippen molar-refractivity contribution in [3.63, 3.8) is 0 Å². The minimum absolute atomic E-state index is 0.0438. The molecule has 0 fully saturated rings. The van der Waals surface area contributed by atoms with Gasteiger partial charge in [-0.2, -0.15) is 0 Å². The predicted molar refractivity (Wildman–Crippen MR) is 70.5 cm³/mol. The largest absolute Gasteiger partial charge is 0.350 e. The molecular weight excluding hydrogens is 236 g/mol. The van der Waals surface area contributed by atoms with Crippen LogP contribution in [0.25, 0.3) is 0 Å². The first kappa shape index (κ1) is 14.0. The molecule has 3 nitrogen and oxygen atoms in total. The number of carbonyl (C=O) groups is 1. The molecule has 94 valence electrons. The van der Waals surface area contributed by atoms with Gasteiger partial charge in [0.25, 0.3) is 5.91 Å². The Bertz CT molecular complexity index is 404. The maximum Gasteiger partial charge on any atom is 0.253 e. The molecule has 0 aromatic carbocycles. The maximum absolute atomic E-state index is 11.9. The standard InChI is InChI=1S/C13H19ClN2O/c1-8(2)12(14)7-15-13(17)11-6-5-9(3)16-10(11)4/h5-6,8,12H,7H2,1-4H3,(H,15,17). The number of alkyl halides is 1. The first-order chi connectivity index (χ1) is 7.91. The topological polar surface area (TPSA) is 42.0 Å². The predicted octanol–water partition coefficient (Wildman–Crippen LogP) is 2.69. The van der Waals surface area contributed by atoms with Gasteiger partial charge < -0.3 is 5.32 Å². The number of rotatable bonds is 4. The number of amides is 1. The molecule has 1 atom stereocenters. The third-order valence-corrected chi connectivity index (χ3v) is 3.31. The van der Waals surface area contributed by atoms with E-state index in [-0.39, 0.29) is 11.3 Å². The molecular formula is C13H19ClN2O. The summed E-state index contributed by atoms with van der Waals surface area (Å²) >= 11 is 6.08. The maximum atomic E-state index is 11.9. The lowest BCUT2D eigenvalue weighted by atomic mass is 10.1. The molecule has 0 radical (unpaired) electrons. The van der Waals surface area contributed by atoms with E-state index in [1.54, 1.807) is 6.07 Å². The van der Waals surface area contributed by atoms with Crippen LogP contribution in [0.5, 0.6) is 0 Å². The number of aromatic nitrogens is 1. The van der Waals surface area contributed by atoms with E-state index in [0.717, 1.165) is 11.4 Å². The van der Waals surface area contributed by atoms with Crippen molar-refractivity contribution in [2.75, 3.05) is 6.54 Å². The second-order valence-electron chi connectivity index (χ2n) is 4.56. The Labute approximate surface area is 108 Å². The lowest BCUT2D eigenvalue weighted by Gasteiger charge is -2.14. The first-order valence-electron chi connectivity index (χ1n) is 5.78. The average molecular weight is 255 g/mol. The summed E-state index contributed by atoms with van der Waals surface area (Å²) in [7, 11) is 0. The van der Waals surface area contributed by atoms with Crippen LogP contribution in [-0.2, 0) is 0 Å². The van der Waals surface area contributed by atoms with Gasteiger partial charge >= 0.3 is 0 Å². The van der Waals surface area contributed by atoms with Crippen molar-refractivity contribution in [1.29, 1.82) is 0 Å². The zero-order valence-electron chi connectivity index (χ0n) is 10.7. The Kier molecular flexibility index (Phi) is 4.94. The molecule has 0 bridgehead atoms. The summed E-state index contributed by atoms with van der Waals surface area (Å²) in [5.41, 5.74) is 2.28. The normalized spacial score (nSPS) is 12.6. The van der Waals surface area contributed by atoms with Crippen LogP contribution in [0, 0.1) is 19.8 Å². The van der Waals surface area contributed by atoms with Crippen molar-refractivity contribution in [1.82, 2.24) is 10.3 Å². The number of nitrogens with one attached hydrogen (secondary N) is 1. The quantitative estimate of drug-likeness (QED) is 0.840. The van der Waals surface area contributed by atoms with Gasteiger partial charge in [0.2, 0.25) is 0 Å². The average Bonchev–Trinajstić information content (AvgIpc) is 2.25. The molecule has 1 N–H and O–H groups in total. The van der Waals surface area contributed by atoms with Crippen molar-refractivity contribution in [2.45, 2.75) is 33.1 Å². The zero-order chi connectivity index (χ0) is 13.0. The Balaban J connectivity index is 2.64. The molecule has 0 saturated carbocycles. The molecule has 1 aromatic rings. The van der Waals surface area contributed by atoms with Crippen LogP contribution in [0.15, 0.2) is 12.1 Å². The van der Waals surface area contributed by atoms with Gasteiger partial charge in [-0.25, -0.2) is 0 Å². The van der Waals surface area contributed by atoms with Crippen LogP contribution in [-0.4, -0.2) is 22.8 Å². The van der Waals surface area contributed by atoms with Crippen LogP contribution < -0.4 is 5.32 Å². The molecule has 0 aliphatic carbocycles. The summed E-state index contributed by atoms with van der Waals surface area (Å²) in [4.78, 5) is 16.2. The van der Waals surface area contributed by atoms with E-state index < -0.39 is 0 Å². The van der Waals surface area contributed by atoms with E-state index in [0.29, 0.717) is 18.0 Å². The Morgan fingerprint density at radius 2 is 2.06 bits per heavy atom. The van der Waals surface area contributed by atoms with Gasteiger partial charge in [-0.3, -0.25) is 9.78 Å². The molecule has 1 unspecified atom stereocenters. The fourth-order valence-electron chi connectivity index (χ4n) is 1.45. The van der Waals surface area contributed by atoms with Crippen LogP contribution in [0.1, 0.15) is 35.6 Å². The minimum Gasteiger partial charge on any atom is -0.350 e. The highest BCUT2D eigenvalue weighted by atomic mass is 35.5. The number of nitrogens with zero attached hydrogens (tertiary/aromatic N) is 1. The molecule has 0 spiro atoms. The summed E-state index contributed by atoms with van der Waals surface area (Å²) in [5.74, 6) is 0.232. The van der Waals surface area contributed by atoms with Crippen LogP contribution in [0.3, 0.4) is 0 Å². The van der Waals surface area contributed by atoms with Crippen LogP contribution in [0.4, 0.5) is 0 Å². The highest BCUT2D eigenvalue weighted by Crippen LogP contribution is 2.09. The molecule has 1 aromatic heterocycles. The van der Waals surface area contributed by atoms with Gasteiger partial charge in [0.05, 0.1) is 16.6 Å². The van der Waals surface area contributed by atoms with E-state index >= 15 is 0 Å². The Hall–Kier alpha value is -1.09. The molecule has 4 heteroatoms. The van der Waals surface area contributed by atoms with Gasteiger partial charge in [-0.1, -0.05) is 13.8 Å². The monoisotopic (exact) mass is 254 g/mol. The van der Waals surface area contributed by atoms with Crippen molar-refractivity contribution >= 4 is 17.5 Å². The third-order valence-electron chi connectivity index (χ3n) is 2.65. The van der Waals surface area contributed by atoms with Crippen LogP contribution in [0.2, 0.25) is 0 Å². The molecule has 1 amide bonds. The summed E-state index contributed by atoms with van der Waals surface area (Å²) < 4.78 is 0. The van der Waals surface area contributed by atoms with Crippen molar-refractivity contribution in [2.24, 2.45) is 5.92 Å². The van der Waals surface area contributed by atoms with Gasteiger partial charge in [0.15, 0.2) is 0 Å². The van der Waals surface area contributed by atoms with Gasteiger partial charge in [0.1, 0.15) is 0 Å². The molecule has 1 heterocycles. The lowest BCUT2D eigenvalue weighted by Crippen LogP contribution is -2.32. The number of hydrogen-bond acceptors (Lipinski definition) is 2. The van der Waals surface area contributed by atoms with E-state index in [1.165, 1.54) is 0 Å².